The molecule has 0 radical (unpaired) electrons. The van der Waals surface area contributed by atoms with Gasteiger partial charge in [-0.3, -0.25) is 4.98 Å². The van der Waals surface area contributed by atoms with E-state index in [1.807, 2.05) is 19.2 Å². The highest BCUT2D eigenvalue weighted by atomic mass is 15.2. The highest BCUT2D eigenvalue weighted by molar-refractivity contribution is 6.01. The molecule has 2 aromatic rings. The van der Waals surface area contributed by atoms with Gasteiger partial charge in [0.25, 0.3) is 0 Å². The van der Waals surface area contributed by atoms with Crippen LogP contribution in [0.5, 0.6) is 0 Å². The lowest BCUT2D eigenvalue weighted by Crippen LogP contribution is -2.42. The minimum atomic E-state index is 0.699. The predicted octanol–water partition coefficient (Wildman–Crippen LogP) is 2.66. The highest BCUT2D eigenvalue weighted by Crippen LogP contribution is 2.32. The molecule has 1 fully saturated rings. The number of fused-ring (bicyclic) bond motifs is 1. The zero-order valence-electron chi connectivity index (χ0n) is 13.1. The molecule has 0 aliphatic carbocycles. The molecule has 3 rings (SSSR count). The number of rotatable bonds is 2. The fraction of sp³-hybridized carbons (Fsp3) is 0.471. The Morgan fingerprint density at radius 2 is 1.90 bits per heavy atom. The van der Waals surface area contributed by atoms with Gasteiger partial charge >= 0.3 is 0 Å². The Morgan fingerprint density at radius 3 is 2.57 bits per heavy atom. The van der Waals surface area contributed by atoms with E-state index in [1.165, 1.54) is 23.9 Å². The minimum Gasteiger partial charge on any atom is -0.398 e. The number of anilines is 2. The van der Waals surface area contributed by atoms with Crippen molar-refractivity contribution >= 4 is 22.1 Å². The number of nitrogens with zero attached hydrogens (tertiary/aromatic N) is 3. The van der Waals surface area contributed by atoms with Gasteiger partial charge in [0.15, 0.2) is 0 Å². The Labute approximate surface area is 126 Å². The van der Waals surface area contributed by atoms with Gasteiger partial charge in [-0.1, -0.05) is 0 Å². The van der Waals surface area contributed by atoms with Crippen LogP contribution in [0, 0.1) is 6.92 Å². The summed E-state index contributed by atoms with van der Waals surface area (Å²) in [6.07, 6.45) is 4.32. The lowest BCUT2D eigenvalue weighted by atomic mass is 10.0. The summed E-state index contributed by atoms with van der Waals surface area (Å²) in [7, 11) is 4.35. The molecular weight excluding hydrogens is 260 g/mol. The molecule has 4 heteroatoms. The van der Waals surface area contributed by atoms with Crippen LogP contribution in [-0.2, 0) is 0 Å². The van der Waals surface area contributed by atoms with Crippen molar-refractivity contribution < 1.29 is 0 Å². The lowest BCUT2D eigenvalue weighted by molar-refractivity contribution is 0.250. The van der Waals surface area contributed by atoms with Gasteiger partial charge in [0, 0.05) is 53.2 Å². The number of aromatic nitrogens is 1. The molecule has 0 unspecified atom stereocenters. The summed E-state index contributed by atoms with van der Waals surface area (Å²) in [6, 6.07) is 7.02. The van der Waals surface area contributed by atoms with Gasteiger partial charge in [-0.2, -0.15) is 0 Å². The fourth-order valence-electron chi connectivity index (χ4n) is 3.25. The first-order chi connectivity index (χ1) is 10.1. The normalized spacial score (nSPS) is 16.9. The number of nitrogen functional groups attached to an aromatic ring is 1. The van der Waals surface area contributed by atoms with Crippen LogP contribution >= 0.6 is 0 Å². The van der Waals surface area contributed by atoms with E-state index in [9.17, 15) is 0 Å². The van der Waals surface area contributed by atoms with Crippen LogP contribution in [0.2, 0.25) is 0 Å². The van der Waals surface area contributed by atoms with Crippen LogP contribution in [0.25, 0.3) is 10.8 Å². The molecule has 0 bridgehead atoms. The molecule has 0 amide bonds. The summed E-state index contributed by atoms with van der Waals surface area (Å²) < 4.78 is 0. The molecule has 2 N–H and O–H groups in total. The van der Waals surface area contributed by atoms with E-state index in [4.69, 9.17) is 5.73 Å². The van der Waals surface area contributed by atoms with Crippen LogP contribution in [0.1, 0.15) is 18.5 Å². The zero-order valence-corrected chi connectivity index (χ0v) is 13.1. The molecule has 0 spiro atoms. The monoisotopic (exact) mass is 284 g/mol. The molecule has 112 valence electrons. The van der Waals surface area contributed by atoms with Crippen molar-refractivity contribution in [3.63, 3.8) is 0 Å². The van der Waals surface area contributed by atoms with Gasteiger partial charge < -0.3 is 15.5 Å². The number of hydrogen-bond acceptors (Lipinski definition) is 4. The van der Waals surface area contributed by atoms with Crippen molar-refractivity contribution in [3.05, 3.63) is 30.1 Å². The van der Waals surface area contributed by atoms with Gasteiger partial charge in [0.2, 0.25) is 0 Å². The molecule has 1 aliphatic rings. The maximum atomic E-state index is 6.10. The van der Waals surface area contributed by atoms with E-state index in [1.54, 1.807) is 0 Å². The first kappa shape index (κ1) is 14.1. The molecule has 1 aliphatic heterocycles. The van der Waals surface area contributed by atoms with Crippen molar-refractivity contribution in [1.82, 2.24) is 9.88 Å². The number of benzene rings is 1. The van der Waals surface area contributed by atoms with Crippen molar-refractivity contribution in [1.29, 1.82) is 0 Å². The molecule has 1 aromatic carbocycles. The van der Waals surface area contributed by atoms with E-state index in [-0.39, 0.29) is 0 Å². The van der Waals surface area contributed by atoms with E-state index in [2.05, 4.69) is 41.0 Å². The van der Waals surface area contributed by atoms with Crippen molar-refractivity contribution in [2.75, 3.05) is 37.8 Å². The predicted molar refractivity (Wildman–Crippen MR) is 89.8 cm³/mol. The van der Waals surface area contributed by atoms with Gasteiger partial charge in [0.05, 0.1) is 0 Å². The van der Waals surface area contributed by atoms with Crippen LogP contribution in [0.15, 0.2) is 24.4 Å². The topological polar surface area (TPSA) is 45.4 Å². The molecule has 21 heavy (non-hydrogen) atoms. The second-order valence-corrected chi connectivity index (χ2v) is 6.23. The van der Waals surface area contributed by atoms with Gasteiger partial charge in [-0.05, 0) is 52.1 Å². The van der Waals surface area contributed by atoms with E-state index < -0.39 is 0 Å². The van der Waals surface area contributed by atoms with Crippen molar-refractivity contribution in [2.45, 2.75) is 25.8 Å². The summed E-state index contributed by atoms with van der Waals surface area (Å²) >= 11 is 0. The molecule has 0 saturated carbocycles. The second kappa shape index (κ2) is 5.53. The number of nitrogens with two attached hydrogens (primary N) is 1. The standard InChI is InChI=1S/C17H24N4/c1-12-10-14-15(11-19-12)16(18)4-5-17(14)21-8-6-13(7-9-21)20(2)3/h4-5,10-11,13H,6-9,18H2,1-3H3. The first-order valence-electron chi connectivity index (χ1n) is 7.62. The summed E-state index contributed by atoms with van der Waals surface area (Å²) in [5.74, 6) is 0. The third-order valence-corrected chi connectivity index (χ3v) is 4.58. The summed E-state index contributed by atoms with van der Waals surface area (Å²) in [5, 5.41) is 2.29. The van der Waals surface area contributed by atoms with Gasteiger partial charge in [0.1, 0.15) is 0 Å². The second-order valence-electron chi connectivity index (χ2n) is 6.23. The Morgan fingerprint density at radius 1 is 1.19 bits per heavy atom. The third kappa shape index (κ3) is 2.68. The largest absolute Gasteiger partial charge is 0.398 e. The highest BCUT2D eigenvalue weighted by Gasteiger charge is 2.22. The zero-order chi connectivity index (χ0) is 15.0. The van der Waals surface area contributed by atoms with Crippen LogP contribution in [-0.4, -0.2) is 43.1 Å². The fourth-order valence-corrected chi connectivity index (χ4v) is 3.25. The smallest absolute Gasteiger partial charge is 0.0448 e. The molecule has 1 aromatic heterocycles. The van der Waals surface area contributed by atoms with Crippen LogP contribution in [0.3, 0.4) is 0 Å². The molecule has 4 nitrogen and oxygen atoms in total. The van der Waals surface area contributed by atoms with Crippen molar-refractivity contribution in [2.24, 2.45) is 0 Å². The number of piperidine rings is 1. The Bertz CT molecular complexity index is 643. The summed E-state index contributed by atoms with van der Waals surface area (Å²) in [4.78, 5) is 9.21. The maximum absolute atomic E-state index is 6.10. The summed E-state index contributed by atoms with van der Waals surface area (Å²) in [5.41, 5.74) is 9.24. The maximum Gasteiger partial charge on any atom is 0.0448 e. The molecule has 2 heterocycles. The minimum absolute atomic E-state index is 0.699. The van der Waals surface area contributed by atoms with Gasteiger partial charge in [-0.25, -0.2) is 0 Å². The summed E-state index contributed by atoms with van der Waals surface area (Å²) in [6.45, 7) is 4.23. The third-order valence-electron chi connectivity index (χ3n) is 4.58. The van der Waals surface area contributed by atoms with Gasteiger partial charge in [-0.15, -0.1) is 0 Å². The van der Waals surface area contributed by atoms with Crippen LogP contribution in [0.4, 0.5) is 11.4 Å². The molecule has 0 atom stereocenters. The SMILES string of the molecule is Cc1cc2c(N3CCC(N(C)C)CC3)ccc(N)c2cn1. The van der Waals surface area contributed by atoms with Crippen molar-refractivity contribution in [3.8, 4) is 0 Å². The first-order valence-corrected chi connectivity index (χ1v) is 7.62. The Kier molecular flexibility index (Phi) is 3.72. The quantitative estimate of drug-likeness (QED) is 0.861. The molecular formula is C17H24N4. The van der Waals surface area contributed by atoms with E-state index in [0.29, 0.717) is 6.04 Å². The lowest BCUT2D eigenvalue weighted by Gasteiger charge is -2.37. The van der Waals surface area contributed by atoms with E-state index >= 15 is 0 Å². The average Bonchev–Trinajstić information content (AvgIpc) is 2.47. The Hall–Kier alpha value is -1.81. The molecule has 1 saturated heterocycles. The number of pyridine rings is 1. The van der Waals surface area contributed by atoms with E-state index in [0.717, 1.165) is 29.9 Å². The number of hydrogen-bond donors (Lipinski definition) is 1. The Balaban J connectivity index is 1.94. The number of aryl methyl sites for hydroxylation is 1. The van der Waals surface area contributed by atoms with Crippen LogP contribution < -0.4 is 10.6 Å². The average molecular weight is 284 g/mol.